The van der Waals surface area contributed by atoms with E-state index < -0.39 is 0 Å². The van der Waals surface area contributed by atoms with E-state index in [1.807, 2.05) is 31.2 Å². The van der Waals surface area contributed by atoms with Crippen molar-refractivity contribution in [3.8, 4) is 0 Å². The Morgan fingerprint density at radius 2 is 2.00 bits per heavy atom. The quantitative estimate of drug-likeness (QED) is 0.719. The van der Waals surface area contributed by atoms with Crippen LogP contribution in [0, 0.1) is 6.92 Å². The van der Waals surface area contributed by atoms with Gasteiger partial charge in [0, 0.05) is 5.69 Å². The van der Waals surface area contributed by atoms with Crippen LogP contribution in [0.1, 0.15) is 22.8 Å². The van der Waals surface area contributed by atoms with Crippen molar-refractivity contribution < 1.29 is 9.53 Å². The number of aromatic nitrogens is 2. The number of aromatic amines is 1. The molecule has 0 unspecified atom stereocenters. The Labute approximate surface area is 128 Å². The first kappa shape index (κ1) is 14.1. The molecule has 0 aliphatic carbocycles. The summed E-state index contributed by atoms with van der Waals surface area (Å²) in [4.78, 5) is 19.3. The summed E-state index contributed by atoms with van der Waals surface area (Å²) in [6.07, 6.45) is 0. The molecule has 0 fully saturated rings. The fraction of sp³-hybridized carbons (Fsp3) is 0.176. The molecule has 5 heteroatoms. The van der Waals surface area contributed by atoms with E-state index in [0.717, 1.165) is 16.7 Å². The van der Waals surface area contributed by atoms with Gasteiger partial charge in [-0.15, -0.1) is 0 Å². The number of H-pyrrole nitrogens is 1. The minimum absolute atomic E-state index is 0.312. The second-order valence-electron chi connectivity index (χ2n) is 5.03. The number of benzene rings is 2. The smallest absolute Gasteiger partial charge is 0.338 e. The molecule has 0 aliphatic rings. The largest absolute Gasteiger partial charge is 0.462 e. The third-order valence-corrected chi connectivity index (χ3v) is 3.30. The van der Waals surface area contributed by atoms with Crippen molar-refractivity contribution in [2.24, 2.45) is 0 Å². The molecule has 0 atom stereocenters. The molecule has 0 saturated heterocycles. The highest BCUT2D eigenvalue weighted by Gasteiger charge is 2.07. The molecule has 3 rings (SSSR count). The van der Waals surface area contributed by atoms with Crippen molar-refractivity contribution in [2.45, 2.75) is 13.8 Å². The van der Waals surface area contributed by atoms with E-state index in [0.29, 0.717) is 18.1 Å². The number of ether oxygens (including phenoxy) is 1. The molecule has 22 heavy (non-hydrogen) atoms. The van der Waals surface area contributed by atoms with E-state index in [2.05, 4.69) is 21.4 Å². The Morgan fingerprint density at radius 1 is 1.23 bits per heavy atom. The molecule has 5 nitrogen and oxygen atoms in total. The normalized spacial score (nSPS) is 10.6. The summed E-state index contributed by atoms with van der Waals surface area (Å²) in [6.45, 7) is 4.20. The van der Waals surface area contributed by atoms with Crippen molar-refractivity contribution in [3.63, 3.8) is 0 Å². The van der Waals surface area contributed by atoms with Crippen LogP contribution in [-0.2, 0) is 4.74 Å². The number of esters is 1. The number of aryl methyl sites for hydroxylation is 1. The molecule has 0 radical (unpaired) electrons. The maximum atomic E-state index is 11.6. The average molecular weight is 295 g/mol. The maximum Gasteiger partial charge on any atom is 0.338 e. The van der Waals surface area contributed by atoms with Crippen LogP contribution >= 0.6 is 0 Å². The Hall–Kier alpha value is -2.82. The molecule has 1 heterocycles. The van der Waals surface area contributed by atoms with Gasteiger partial charge in [0.15, 0.2) is 0 Å². The van der Waals surface area contributed by atoms with Gasteiger partial charge in [0.1, 0.15) is 0 Å². The van der Waals surface area contributed by atoms with Gasteiger partial charge in [0.25, 0.3) is 0 Å². The number of anilines is 2. The van der Waals surface area contributed by atoms with Gasteiger partial charge in [-0.3, -0.25) is 0 Å². The minimum atomic E-state index is -0.312. The zero-order valence-corrected chi connectivity index (χ0v) is 12.5. The summed E-state index contributed by atoms with van der Waals surface area (Å²) >= 11 is 0. The van der Waals surface area contributed by atoms with E-state index in [1.54, 1.807) is 19.1 Å². The fourth-order valence-electron chi connectivity index (χ4n) is 2.22. The first-order valence-electron chi connectivity index (χ1n) is 7.16. The van der Waals surface area contributed by atoms with Crippen LogP contribution in [0.4, 0.5) is 11.6 Å². The number of carbonyl (C=O) groups is 1. The summed E-state index contributed by atoms with van der Waals surface area (Å²) in [5.41, 5.74) is 4.47. The van der Waals surface area contributed by atoms with E-state index >= 15 is 0 Å². The first-order chi connectivity index (χ1) is 10.7. The lowest BCUT2D eigenvalue weighted by Crippen LogP contribution is -2.04. The number of rotatable bonds is 4. The number of carbonyl (C=O) groups excluding carboxylic acids is 1. The van der Waals surface area contributed by atoms with E-state index in [1.165, 1.54) is 5.56 Å². The molecule has 112 valence electrons. The predicted octanol–water partition coefficient (Wildman–Crippen LogP) is 3.79. The number of nitrogens with one attached hydrogen (secondary N) is 2. The Balaban J connectivity index is 1.78. The van der Waals surface area contributed by atoms with Crippen molar-refractivity contribution in [3.05, 3.63) is 53.6 Å². The predicted molar refractivity (Wildman–Crippen MR) is 86.5 cm³/mol. The minimum Gasteiger partial charge on any atom is -0.462 e. The highest BCUT2D eigenvalue weighted by atomic mass is 16.5. The van der Waals surface area contributed by atoms with Crippen molar-refractivity contribution in [1.82, 2.24) is 9.97 Å². The monoisotopic (exact) mass is 295 g/mol. The van der Waals surface area contributed by atoms with Gasteiger partial charge in [-0.2, -0.15) is 0 Å². The molecule has 3 aromatic rings. The van der Waals surface area contributed by atoms with Crippen LogP contribution in [-0.4, -0.2) is 22.5 Å². The van der Waals surface area contributed by atoms with Crippen LogP contribution in [0.3, 0.4) is 0 Å². The first-order valence-corrected chi connectivity index (χ1v) is 7.16. The molecule has 0 saturated carbocycles. The van der Waals surface area contributed by atoms with Gasteiger partial charge in [-0.1, -0.05) is 6.07 Å². The van der Waals surface area contributed by atoms with Crippen molar-refractivity contribution >= 4 is 28.6 Å². The van der Waals surface area contributed by atoms with E-state index in [4.69, 9.17) is 4.74 Å². The Morgan fingerprint density at radius 3 is 2.73 bits per heavy atom. The molecule has 2 N–H and O–H groups in total. The average Bonchev–Trinajstić information content (AvgIpc) is 2.89. The van der Waals surface area contributed by atoms with Gasteiger partial charge in [-0.05, 0) is 55.8 Å². The zero-order valence-electron chi connectivity index (χ0n) is 12.5. The number of imidazole rings is 1. The molecule has 2 aromatic carbocycles. The van der Waals surface area contributed by atoms with Crippen LogP contribution in [0.2, 0.25) is 0 Å². The Kier molecular flexibility index (Phi) is 3.78. The second-order valence-corrected chi connectivity index (χ2v) is 5.03. The third kappa shape index (κ3) is 2.93. The molecular formula is C17H17N3O2. The molecule has 0 aliphatic heterocycles. The standard InChI is InChI=1S/C17H17N3O2/c1-3-22-16(21)12-5-7-13(8-6-12)18-17-19-14-9-4-11(2)10-15(14)20-17/h4-10H,3H2,1-2H3,(H2,18,19,20). The lowest BCUT2D eigenvalue weighted by atomic mass is 10.2. The highest BCUT2D eigenvalue weighted by molar-refractivity contribution is 5.90. The van der Waals surface area contributed by atoms with Gasteiger partial charge >= 0.3 is 5.97 Å². The summed E-state index contributed by atoms with van der Waals surface area (Å²) in [5.74, 6) is 0.359. The number of hydrogen-bond acceptors (Lipinski definition) is 4. The Bertz CT molecular complexity index is 806. The van der Waals surface area contributed by atoms with Crippen LogP contribution < -0.4 is 5.32 Å². The van der Waals surface area contributed by atoms with Gasteiger partial charge < -0.3 is 15.0 Å². The molecule has 0 amide bonds. The van der Waals surface area contributed by atoms with E-state index in [-0.39, 0.29) is 5.97 Å². The third-order valence-electron chi connectivity index (χ3n) is 3.30. The summed E-state index contributed by atoms with van der Waals surface area (Å²) in [6, 6.07) is 13.2. The van der Waals surface area contributed by atoms with Crippen molar-refractivity contribution in [1.29, 1.82) is 0 Å². The lowest BCUT2D eigenvalue weighted by Gasteiger charge is -2.04. The number of nitrogens with zero attached hydrogens (tertiary/aromatic N) is 1. The number of hydrogen-bond donors (Lipinski definition) is 2. The topological polar surface area (TPSA) is 67.0 Å². The SMILES string of the molecule is CCOC(=O)c1ccc(Nc2nc3ccc(C)cc3[nH]2)cc1. The fourth-order valence-corrected chi connectivity index (χ4v) is 2.22. The van der Waals surface area contributed by atoms with Gasteiger partial charge in [-0.25, -0.2) is 9.78 Å². The highest BCUT2D eigenvalue weighted by Crippen LogP contribution is 2.19. The zero-order chi connectivity index (χ0) is 15.5. The lowest BCUT2D eigenvalue weighted by molar-refractivity contribution is 0.0526. The summed E-state index contributed by atoms with van der Waals surface area (Å²) in [7, 11) is 0. The van der Waals surface area contributed by atoms with Crippen LogP contribution in [0.5, 0.6) is 0 Å². The number of fused-ring (bicyclic) bond motifs is 1. The van der Waals surface area contributed by atoms with Gasteiger partial charge in [0.05, 0.1) is 23.2 Å². The second kappa shape index (κ2) is 5.89. The molecular weight excluding hydrogens is 278 g/mol. The van der Waals surface area contributed by atoms with Gasteiger partial charge in [0.2, 0.25) is 5.95 Å². The van der Waals surface area contributed by atoms with Crippen molar-refractivity contribution in [2.75, 3.05) is 11.9 Å². The maximum absolute atomic E-state index is 11.6. The molecule has 0 bridgehead atoms. The molecule has 1 aromatic heterocycles. The van der Waals surface area contributed by atoms with E-state index in [9.17, 15) is 4.79 Å². The van der Waals surface area contributed by atoms with Crippen LogP contribution in [0.15, 0.2) is 42.5 Å². The summed E-state index contributed by atoms with van der Waals surface area (Å²) < 4.78 is 4.96. The molecule has 0 spiro atoms. The summed E-state index contributed by atoms with van der Waals surface area (Å²) in [5, 5.41) is 3.19. The van der Waals surface area contributed by atoms with Crippen LogP contribution in [0.25, 0.3) is 11.0 Å².